The first kappa shape index (κ1) is 17.1. The Hall–Kier alpha value is -0.770. The van der Waals surface area contributed by atoms with E-state index in [1.807, 2.05) is 18.2 Å². The first-order chi connectivity index (χ1) is 10.8. The van der Waals surface area contributed by atoms with E-state index in [0.717, 1.165) is 48.1 Å². The number of aliphatic carboxylic acids is 1. The Balaban J connectivity index is 1.59. The van der Waals surface area contributed by atoms with Crippen molar-refractivity contribution in [1.82, 2.24) is 4.90 Å². The van der Waals surface area contributed by atoms with E-state index in [2.05, 4.69) is 18.7 Å². The molecule has 2 atom stereocenters. The molecule has 2 unspecified atom stereocenters. The molecule has 1 aliphatic carbocycles. The zero-order chi connectivity index (χ0) is 16.8. The van der Waals surface area contributed by atoms with Crippen molar-refractivity contribution >= 4 is 29.2 Å². The summed E-state index contributed by atoms with van der Waals surface area (Å²) in [5.41, 5.74) is 1.000. The molecule has 23 heavy (non-hydrogen) atoms. The van der Waals surface area contributed by atoms with Crippen molar-refractivity contribution in [1.29, 1.82) is 0 Å². The summed E-state index contributed by atoms with van der Waals surface area (Å²) in [6, 6.07) is 5.68. The van der Waals surface area contributed by atoms with Crippen LogP contribution in [0.15, 0.2) is 18.2 Å². The van der Waals surface area contributed by atoms with Crippen molar-refractivity contribution in [2.75, 3.05) is 19.6 Å². The fraction of sp³-hybridized carbons (Fsp3) is 0.611. The van der Waals surface area contributed by atoms with Gasteiger partial charge >= 0.3 is 5.97 Å². The van der Waals surface area contributed by atoms with Crippen molar-refractivity contribution in [3.8, 4) is 0 Å². The zero-order valence-corrected chi connectivity index (χ0v) is 15.1. The van der Waals surface area contributed by atoms with E-state index in [9.17, 15) is 9.90 Å². The number of hydrogen-bond donors (Lipinski definition) is 1. The van der Waals surface area contributed by atoms with Gasteiger partial charge in [0, 0.05) is 16.6 Å². The number of halogens is 2. The topological polar surface area (TPSA) is 40.5 Å². The fourth-order valence-corrected chi connectivity index (χ4v) is 4.86. The van der Waals surface area contributed by atoms with Gasteiger partial charge in [0.05, 0.1) is 5.92 Å². The molecular formula is C18H23Cl2NO2. The average Bonchev–Trinajstić information content (AvgIpc) is 3.01. The van der Waals surface area contributed by atoms with Crippen LogP contribution in [0.2, 0.25) is 10.0 Å². The standard InChI is InChI=1S/C18H23Cl2NO2/c1-18(2)12(16(18)17(22)23)10-21-8-6-11(7-9-21)15-13(19)4-3-5-14(15)20/h3-5,11-12,16H,6-10H2,1-2H3,(H,22,23). The van der Waals surface area contributed by atoms with E-state index < -0.39 is 5.97 Å². The van der Waals surface area contributed by atoms with Crippen LogP contribution in [-0.4, -0.2) is 35.6 Å². The molecule has 1 aromatic carbocycles. The van der Waals surface area contributed by atoms with Gasteiger partial charge in [0.1, 0.15) is 0 Å². The summed E-state index contributed by atoms with van der Waals surface area (Å²) in [6.07, 6.45) is 2.04. The van der Waals surface area contributed by atoms with Gasteiger partial charge < -0.3 is 10.0 Å². The Labute approximate surface area is 147 Å². The molecule has 1 heterocycles. The van der Waals surface area contributed by atoms with Gasteiger partial charge in [-0.3, -0.25) is 4.79 Å². The maximum absolute atomic E-state index is 11.3. The Morgan fingerprint density at radius 1 is 1.26 bits per heavy atom. The Bertz CT molecular complexity index is 589. The van der Waals surface area contributed by atoms with E-state index in [1.54, 1.807) is 0 Å². The lowest BCUT2D eigenvalue weighted by atomic mass is 9.89. The highest BCUT2D eigenvalue weighted by Gasteiger charge is 2.62. The molecule has 0 aromatic heterocycles. The molecule has 0 spiro atoms. The third-order valence-electron chi connectivity index (χ3n) is 5.77. The minimum absolute atomic E-state index is 0.0747. The highest BCUT2D eigenvalue weighted by Crippen LogP contribution is 2.58. The first-order valence-electron chi connectivity index (χ1n) is 8.21. The Morgan fingerprint density at radius 3 is 2.30 bits per heavy atom. The Kier molecular flexibility index (Phi) is 4.65. The number of likely N-dealkylation sites (tertiary alicyclic amines) is 1. The highest BCUT2D eigenvalue weighted by molar-refractivity contribution is 6.36. The summed E-state index contributed by atoms with van der Waals surface area (Å²) in [6.45, 7) is 6.96. The summed E-state index contributed by atoms with van der Waals surface area (Å²) >= 11 is 12.6. The van der Waals surface area contributed by atoms with Crippen LogP contribution in [0.25, 0.3) is 0 Å². The summed E-state index contributed by atoms with van der Waals surface area (Å²) in [5, 5.41) is 10.8. The molecule has 5 heteroatoms. The first-order valence-corrected chi connectivity index (χ1v) is 8.97. The fourth-order valence-electron chi connectivity index (χ4n) is 4.16. The smallest absolute Gasteiger partial charge is 0.307 e. The molecule has 0 radical (unpaired) electrons. The molecule has 1 aliphatic heterocycles. The number of piperidine rings is 1. The van der Waals surface area contributed by atoms with Gasteiger partial charge in [0.2, 0.25) is 0 Å². The van der Waals surface area contributed by atoms with Crippen molar-refractivity contribution in [2.24, 2.45) is 17.3 Å². The van der Waals surface area contributed by atoms with E-state index in [4.69, 9.17) is 23.2 Å². The molecular weight excluding hydrogens is 333 g/mol. The van der Waals surface area contributed by atoms with Crippen LogP contribution in [0.3, 0.4) is 0 Å². The van der Waals surface area contributed by atoms with E-state index in [-0.39, 0.29) is 17.3 Å². The van der Waals surface area contributed by atoms with Crippen LogP contribution in [0.5, 0.6) is 0 Å². The van der Waals surface area contributed by atoms with Gasteiger partial charge in [0.25, 0.3) is 0 Å². The number of nitrogens with zero attached hydrogens (tertiary/aromatic N) is 1. The molecule has 1 saturated carbocycles. The molecule has 126 valence electrons. The van der Waals surface area contributed by atoms with Crippen molar-refractivity contribution in [2.45, 2.75) is 32.6 Å². The van der Waals surface area contributed by atoms with Crippen LogP contribution in [0.4, 0.5) is 0 Å². The number of hydrogen-bond acceptors (Lipinski definition) is 2. The molecule has 1 aromatic rings. The van der Waals surface area contributed by atoms with Gasteiger partial charge in [-0.2, -0.15) is 0 Å². The largest absolute Gasteiger partial charge is 0.481 e. The van der Waals surface area contributed by atoms with E-state index in [1.165, 1.54) is 0 Å². The molecule has 2 aliphatic rings. The van der Waals surface area contributed by atoms with Crippen LogP contribution in [0.1, 0.15) is 38.2 Å². The quantitative estimate of drug-likeness (QED) is 0.862. The van der Waals surface area contributed by atoms with E-state index in [0.29, 0.717) is 5.92 Å². The zero-order valence-electron chi connectivity index (χ0n) is 13.6. The normalized spacial score (nSPS) is 27.8. The van der Waals surface area contributed by atoms with Crippen molar-refractivity contribution in [3.63, 3.8) is 0 Å². The van der Waals surface area contributed by atoms with Crippen molar-refractivity contribution < 1.29 is 9.90 Å². The van der Waals surface area contributed by atoms with E-state index >= 15 is 0 Å². The monoisotopic (exact) mass is 355 g/mol. The highest BCUT2D eigenvalue weighted by atomic mass is 35.5. The van der Waals surface area contributed by atoms with Gasteiger partial charge in [-0.05, 0) is 60.9 Å². The van der Waals surface area contributed by atoms with Crippen LogP contribution in [0, 0.1) is 17.3 Å². The molecule has 2 fully saturated rings. The molecule has 3 rings (SSSR count). The second-order valence-corrected chi connectivity index (χ2v) is 8.27. The third kappa shape index (κ3) is 3.24. The minimum Gasteiger partial charge on any atom is -0.481 e. The van der Waals surface area contributed by atoms with Crippen LogP contribution >= 0.6 is 23.2 Å². The maximum atomic E-state index is 11.3. The van der Waals surface area contributed by atoms with Crippen molar-refractivity contribution in [3.05, 3.63) is 33.8 Å². The summed E-state index contributed by atoms with van der Waals surface area (Å²) < 4.78 is 0. The number of carboxylic acid groups (broad SMARTS) is 1. The average molecular weight is 356 g/mol. The lowest BCUT2D eigenvalue weighted by molar-refractivity contribution is -0.139. The molecule has 1 saturated heterocycles. The predicted octanol–water partition coefficient (Wildman–Crippen LogP) is 4.53. The van der Waals surface area contributed by atoms with Gasteiger partial charge in [-0.15, -0.1) is 0 Å². The summed E-state index contributed by atoms with van der Waals surface area (Å²) in [7, 11) is 0. The second-order valence-electron chi connectivity index (χ2n) is 7.45. The Morgan fingerprint density at radius 2 is 1.83 bits per heavy atom. The summed E-state index contributed by atoms with van der Waals surface area (Å²) in [4.78, 5) is 13.7. The molecule has 3 nitrogen and oxygen atoms in total. The number of carbonyl (C=O) groups is 1. The van der Waals surface area contributed by atoms with Crippen LogP contribution < -0.4 is 0 Å². The number of carboxylic acids is 1. The van der Waals surface area contributed by atoms with Gasteiger partial charge in [-0.25, -0.2) is 0 Å². The lowest BCUT2D eigenvalue weighted by Crippen LogP contribution is -2.35. The van der Waals surface area contributed by atoms with Gasteiger partial charge in [-0.1, -0.05) is 43.1 Å². The maximum Gasteiger partial charge on any atom is 0.307 e. The minimum atomic E-state index is -0.655. The number of rotatable bonds is 4. The second kappa shape index (κ2) is 6.27. The lowest BCUT2D eigenvalue weighted by Gasteiger charge is -2.33. The molecule has 1 N–H and O–H groups in total. The summed E-state index contributed by atoms with van der Waals surface area (Å²) in [5.74, 6) is -0.189. The molecule has 0 amide bonds. The van der Waals surface area contributed by atoms with Crippen LogP contribution in [-0.2, 0) is 4.79 Å². The number of benzene rings is 1. The molecule has 0 bridgehead atoms. The van der Waals surface area contributed by atoms with Gasteiger partial charge in [0.15, 0.2) is 0 Å². The predicted molar refractivity (Wildman–Crippen MR) is 93.3 cm³/mol. The third-order valence-corrected chi connectivity index (χ3v) is 6.43. The SMILES string of the molecule is CC1(C)C(CN2CCC(c3c(Cl)cccc3Cl)CC2)C1C(=O)O.